The molecule has 1 saturated heterocycles. The standard InChI is InChI=1S/C22H19F3N2O5/c1-13(28)27-8-9-29-12-21(27)11-19(21)30-20-17-10-15(4-7-18(17)32-26-20)14-2-5-16(6-3-14)31-22(23,24)25/h2-7,10,19H,8-9,11-12H2,1H3. The monoisotopic (exact) mass is 448 g/mol. The molecule has 1 aliphatic carbocycles. The first-order valence-electron chi connectivity index (χ1n) is 10.0. The number of fused-ring (bicyclic) bond motifs is 1. The lowest BCUT2D eigenvalue weighted by molar-refractivity contribution is -0.274. The summed E-state index contributed by atoms with van der Waals surface area (Å²) in [5.41, 5.74) is 1.47. The molecule has 0 N–H and O–H groups in total. The van der Waals surface area contributed by atoms with Gasteiger partial charge in [-0.25, -0.2) is 0 Å². The Kier molecular flexibility index (Phi) is 4.77. The lowest BCUT2D eigenvalue weighted by Gasteiger charge is -2.35. The molecule has 10 heteroatoms. The van der Waals surface area contributed by atoms with Crippen molar-refractivity contribution in [3.8, 4) is 22.8 Å². The second-order valence-corrected chi connectivity index (χ2v) is 7.91. The minimum atomic E-state index is -4.74. The molecule has 1 aromatic heterocycles. The number of aromatic nitrogens is 1. The Morgan fingerprint density at radius 3 is 2.66 bits per heavy atom. The number of amides is 1. The van der Waals surface area contributed by atoms with E-state index >= 15 is 0 Å². The zero-order chi connectivity index (χ0) is 22.5. The van der Waals surface area contributed by atoms with Gasteiger partial charge in [-0.1, -0.05) is 18.2 Å². The third-order valence-corrected chi connectivity index (χ3v) is 5.82. The molecule has 2 aromatic carbocycles. The lowest BCUT2D eigenvalue weighted by atomic mass is 10.0. The zero-order valence-electron chi connectivity index (χ0n) is 17.0. The molecule has 7 nitrogen and oxygen atoms in total. The summed E-state index contributed by atoms with van der Waals surface area (Å²) in [6.45, 7) is 2.96. The van der Waals surface area contributed by atoms with E-state index in [0.717, 1.165) is 5.56 Å². The van der Waals surface area contributed by atoms with Crippen LogP contribution in [0.25, 0.3) is 22.1 Å². The second kappa shape index (κ2) is 7.40. The number of ether oxygens (including phenoxy) is 3. The van der Waals surface area contributed by atoms with Crippen LogP contribution < -0.4 is 9.47 Å². The maximum Gasteiger partial charge on any atom is 0.573 e. The van der Waals surface area contributed by atoms with E-state index < -0.39 is 11.9 Å². The van der Waals surface area contributed by atoms with Gasteiger partial charge >= 0.3 is 6.36 Å². The van der Waals surface area contributed by atoms with E-state index in [2.05, 4.69) is 9.89 Å². The van der Waals surface area contributed by atoms with Crippen LogP contribution in [0.5, 0.6) is 11.6 Å². The molecule has 32 heavy (non-hydrogen) atoms. The maximum atomic E-state index is 12.4. The molecule has 2 fully saturated rings. The predicted molar refractivity (Wildman–Crippen MR) is 106 cm³/mol. The van der Waals surface area contributed by atoms with E-state index in [4.69, 9.17) is 14.0 Å². The van der Waals surface area contributed by atoms with Crippen LogP contribution in [-0.4, -0.2) is 53.7 Å². The van der Waals surface area contributed by atoms with Crippen molar-refractivity contribution in [1.82, 2.24) is 10.1 Å². The van der Waals surface area contributed by atoms with Gasteiger partial charge in [0.2, 0.25) is 5.91 Å². The van der Waals surface area contributed by atoms with Gasteiger partial charge in [0, 0.05) is 19.9 Å². The summed E-state index contributed by atoms with van der Waals surface area (Å²) in [6, 6.07) is 10.9. The Morgan fingerprint density at radius 2 is 1.94 bits per heavy atom. The highest BCUT2D eigenvalue weighted by Gasteiger charge is 2.63. The summed E-state index contributed by atoms with van der Waals surface area (Å²) in [7, 11) is 0. The molecule has 2 unspecified atom stereocenters. The van der Waals surface area contributed by atoms with Crippen molar-refractivity contribution in [2.24, 2.45) is 0 Å². The number of hydrogen-bond acceptors (Lipinski definition) is 6. The predicted octanol–water partition coefficient (Wildman–Crippen LogP) is 4.16. The quantitative estimate of drug-likeness (QED) is 0.597. The van der Waals surface area contributed by atoms with Crippen molar-refractivity contribution in [2.75, 3.05) is 19.8 Å². The molecule has 0 radical (unpaired) electrons. The van der Waals surface area contributed by atoms with E-state index in [0.29, 0.717) is 48.6 Å². The zero-order valence-corrected chi connectivity index (χ0v) is 17.0. The normalized spacial score (nSPS) is 22.9. The summed E-state index contributed by atoms with van der Waals surface area (Å²) >= 11 is 0. The summed E-state index contributed by atoms with van der Waals surface area (Å²) in [6.07, 6.45) is -4.36. The van der Waals surface area contributed by atoms with Gasteiger partial charge in [-0.2, -0.15) is 0 Å². The number of halogens is 3. The van der Waals surface area contributed by atoms with Crippen LogP contribution in [0.2, 0.25) is 0 Å². The van der Waals surface area contributed by atoms with Crippen molar-refractivity contribution >= 4 is 16.9 Å². The largest absolute Gasteiger partial charge is 0.573 e. The van der Waals surface area contributed by atoms with Gasteiger partial charge in [0.1, 0.15) is 17.4 Å². The minimum Gasteiger partial charge on any atom is -0.469 e. The number of benzene rings is 2. The number of carbonyl (C=O) groups is 1. The van der Waals surface area contributed by atoms with Gasteiger partial charge in [0.15, 0.2) is 5.58 Å². The number of rotatable bonds is 4. The minimum absolute atomic E-state index is 0.0235. The average molecular weight is 448 g/mol. The van der Waals surface area contributed by atoms with E-state index in [9.17, 15) is 18.0 Å². The van der Waals surface area contributed by atoms with Gasteiger partial charge in [-0.15, -0.1) is 13.2 Å². The average Bonchev–Trinajstić information content (AvgIpc) is 3.24. The van der Waals surface area contributed by atoms with E-state index in [-0.39, 0.29) is 17.8 Å². The second-order valence-electron chi connectivity index (χ2n) is 7.91. The highest BCUT2D eigenvalue weighted by molar-refractivity contribution is 5.87. The van der Waals surface area contributed by atoms with Crippen molar-refractivity contribution in [1.29, 1.82) is 0 Å². The van der Waals surface area contributed by atoms with Crippen LogP contribution in [0.15, 0.2) is 47.0 Å². The van der Waals surface area contributed by atoms with Crippen molar-refractivity contribution in [3.63, 3.8) is 0 Å². The van der Waals surface area contributed by atoms with Crippen LogP contribution in [0.3, 0.4) is 0 Å². The Labute approximate surface area is 180 Å². The molecule has 1 spiro atoms. The Bertz CT molecular complexity index is 1160. The number of hydrogen-bond donors (Lipinski definition) is 0. The Balaban J connectivity index is 1.37. The van der Waals surface area contributed by atoms with E-state index in [1.165, 1.54) is 31.2 Å². The Hall–Kier alpha value is -3.27. The summed E-state index contributed by atoms with van der Waals surface area (Å²) in [5, 5.41) is 4.66. The molecular weight excluding hydrogens is 429 g/mol. The smallest absolute Gasteiger partial charge is 0.469 e. The fraction of sp³-hybridized carbons (Fsp3) is 0.364. The maximum absolute atomic E-state index is 12.4. The first-order valence-corrected chi connectivity index (χ1v) is 10.0. The van der Waals surface area contributed by atoms with Gasteiger partial charge in [0.05, 0.1) is 18.6 Å². The van der Waals surface area contributed by atoms with Crippen LogP contribution in [-0.2, 0) is 9.53 Å². The number of morpholine rings is 1. The number of alkyl halides is 3. The van der Waals surface area contributed by atoms with Gasteiger partial charge in [0.25, 0.3) is 5.88 Å². The van der Waals surface area contributed by atoms with Crippen molar-refractivity contribution in [2.45, 2.75) is 31.3 Å². The van der Waals surface area contributed by atoms with Crippen LogP contribution in [0.4, 0.5) is 13.2 Å². The number of carbonyl (C=O) groups excluding carboxylic acids is 1. The van der Waals surface area contributed by atoms with Crippen LogP contribution in [0.1, 0.15) is 13.3 Å². The topological polar surface area (TPSA) is 74.0 Å². The van der Waals surface area contributed by atoms with Crippen molar-refractivity contribution in [3.05, 3.63) is 42.5 Å². The Morgan fingerprint density at radius 1 is 1.19 bits per heavy atom. The summed E-state index contributed by atoms with van der Waals surface area (Å²) < 4.78 is 58.1. The van der Waals surface area contributed by atoms with Gasteiger partial charge in [-0.05, 0) is 40.5 Å². The molecular formula is C22H19F3N2O5. The first-order chi connectivity index (χ1) is 15.2. The van der Waals surface area contributed by atoms with Crippen molar-refractivity contribution < 1.29 is 36.7 Å². The molecule has 1 aliphatic heterocycles. The first kappa shape index (κ1) is 20.6. The third-order valence-electron chi connectivity index (χ3n) is 5.82. The molecule has 1 amide bonds. The van der Waals surface area contributed by atoms with Gasteiger partial charge < -0.3 is 23.6 Å². The molecule has 168 valence electrons. The molecule has 5 rings (SSSR count). The molecule has 2 aliphatic rings. The van der Waals surface area contributed by atoms with Crippen LogP contribution >= 0.6 is 0 Å². The number of nitrogens with zero attached hydrogens (tertiary/aromatic N) is 2. The van der Waals surface area contributed by atoms with E-state index in [1.807, 2.05) is 0 Å². The molecule has 0 bridgehead atoms. The molecule has 2 atom stereocenters. The fourth-order valence-corrected chi connectivity index (χ4v) is 4.19. The fourth-order valence-electron chi connectivity index (χ4n) is 4.19. The third kappa shape index (κ3) is 3.75. The van der Waals surface area contributed by atoms with E-state index in [1.54, 1.807) is 23.1 Å². The highest BCUT2D eigenvalue weighted by Crippen LogP contribution is 2.47. The summed E-state index contributed by atoms with van der Waals surface area (Å²) in [4.78, 5) is 13.8. The molecule has 1 saturated carbocycles. The molecule has 3 aromatic rings. The highest BCUT2D eigenvalue weighted by atomic mass is 19.4. The lowest BCUT2D eigenvalue weighted by Crippen LogP contribution is -2.52. The van der Waals surface area contributed by atoms with Crippen LogP contribution in [0, 0.1) is 0 Å². The molecule has 2 heterocycles. The van der Waals surface area contributed by atoms with Gasteiger partial charge in [-0.3, -0.25) is 4.79 Å². The summed E-state index contributed by atoms with van der Waals surface area (Å²) in [5.74, 6) is -0.0143. The SMILES string of the molecule is CC(=O)N1CCOCC12CC2Oc1noc2ccc(-c3ccc(OC(F)(F)F)cc3)cc12.